The topological polar surface area (TPSA) is 81.9 Å². The number of carbonyl (C=O) groups is 1. The number of aliphatic imine (C=N–C) groups is 1. The number of guanidine groups is 1. The summed E-state index contributed by atoms with van der Waals surface area (Å²) >= 11 is 0. The summed E-state index contributed by atoms with van der Waals surface area (Å²) in [6.07, 6.45) is 2.33. The van der Waals surface area contributed by atoms with Gasteiger partial charge in [-0.25, -0.2) is 0 Å². The van der Waals surface area contributed by atoms with Gasteiger partial charge in [-0.15, -0.1) is 24.0 Å². The Kier molecular flexibility index (Phi) is 13.2. The molecular formula is C19H36IN5O2. The van der Waals surface area contributed by atoms with Gasteiger partial charge in [-0.2, -0.15) is 0 Å². The molecule has 0 saturated heterocycles. The summed E-state index contributed by atoms with van der Waals surface area (Å²) in [6.45, 7) is 13.8. The van der Waals surface area contributed by atoms with E-state index in [9.17, 15) is 4.79 Å². The third-order valence-corrected chi connectivity index (χ3v) is 4.21. The van der Waals surface area contributed by atoms with E-state index in [1.165, 1.54) is 6.26 Å². The summed E-state index contributed by atoms with van der Waals surface area (Å²) in [5.41, 5.74) is 0.849. The fourth-order valence-electron chi connectivity index (χ4n) is 2.82. The molecule has 0 spiro atoms. The van der Waals surface area contributed by atoms with Crippen molar-refractivity contribution in [2.45, 2.75) is 53.1 Å². The molecule has 0 unspecified atom stereocenters. The fourth-order valence-corrected chi connectivity index (χ4v) is 2.82. The molecule has 1 aromatic heterocycles. The molecule has 156 valence electrons. The smallest absolute Gasteiger partial charge is 0.287 e. The Morgan fingerprint density at radius 1 is 1.11 bits per heavy atom. The van der Waals surface area contributed by atoms with Crippen LogP contribution in [0.25, 0.3) is 0 Å². The molecule has 1 rings (SSSR count). The van der Waals surface area contributed by atoms with Crippen LogP contribution >= 0.6 is 24.0 Å². The maximum Gasteiger partial charge on any atom is 0.287 e. The lowest BCUT2D eigenvalue weighted by Crippen LogP contribution is -2.45. The number of amides is 1. The number of aryl methyl sites for hydroxylation is 1. The van der Waals surface area contributed by atoms with Gasteiger partial charge in [-0.1, -0.05) is 0 Å². The van der Waals surface area contributed by atoms with Gasteiger partial charge < -0.3 is 20.4 Å². The maximum absolute atomic E-state index is 11.9. The van der Waals surface area contributed by atoms with Crippen LogP contribution in [0.4, 0.5) is 0 Å². The molecule has 0 bridgehead atoms. The normalized spacial score (nSPS) is 11.7. The van der Waals surface area contributed by atoms with Crippen molar-refractivity contribution in [2.75, 3.05) is 33.2 Å². The van der Waals surface area contributed by atoms with E-state index >= 15 is 0 Å². The van der Waals surface area contributed by atoms with Crippen LogP contribution in [0.2, 0.25) is 0 Å². The Hall–Kier alpha value is -1.29. The van der Waals surface area contributed by atoms with Crippen molar-refractivity contribution in [1.29, 1.82) is 0 Å². The Morgan fingerprint density at radius 3 is 2.22 bits per heavy atom. The Balaban J connectivity index is 0.00000676. The quantitative estimate of drug-likeness (QED) is 0.202. The van der Waals surface area contributed by atoms with Crippen molar-refractivity contribution >= 4 is 35.8 Å². The van der Waals surface area contributed by atoms with Gasteiger partial charge in [0, 0.05) is 50.9 Å². The number of furan rings is 1. The molecular weight excluding hydrogens is 457 g/mol. The number of carbonyl (C=O) groups excluding carboxylic acids is 1. The standard InChI is InChI=1S/C19H35N5O2.HI/c1-14(2)24(15(3)4)12-11-23-19(20-6)22-10-7-9-21-18(25)17-16(5)8-13-26-17;/h8,13-15H,7,9-12H2,1-6H3,(H,21,25)(H2,20,22,23);1H. The molecule has 1 amide bonds. The highest BCUT2D eigenvalue weighted by Crippen LogP contribution is 2.07. The van der Waals surface area contributed by atoms with Gasteiger partial charge >= 0.3 is 0 Å². The Bertz CT molecular complexity index is 564. The molecule has 1 heterocycles. The van der Waals surface area contributed by atoms with Crippen LogP contribution in [0.1, 0.15) is 50.2 Å². The molecule has 27 heavy (non-hydrogen) atoms. The summed E-state index contributed by atoms with van der Waals surface area (Å²) in [5.74, 6) is 0.999. The second-order valence-corrected chi connectivity index (χ2v) is 6.89. The van der Waals surface area contributed by atoms with Crippen molar-refractivity contribution in [3.8, 4) is 0 Å². The molecule has 0 atom stereocenters. The largest absolute Gasteiger partial charge is 0.459 e. The second kappa shape index (κ2) is 13.8. The zero-order valence-corrected chi connectivity index (χ0v) is 19.8. The van der Waals surface area contributed by atoms with Crippen molar-refractivity contribution in [3.05, 3.63) is 23.7 Å². The van der Waals surface area contributed by atoms with Crippen molar-refractivity contribution in [1.82, 2.24) is 20.9 Å². The number of nitrogens with zero attached hydrogens (tertiary/aromatic N) is 2. The van der Waals surface area contributed by atoms with E-state index in [-0.39, 0.29) is 29.9 Å². The zero-order chi connectivity index (χ0) is 19.5. The number of hydrogen-bond donors (Lipinski definition) is 3. The average molecular weight is 493 g/mol. The first-order valence-electron chi connectivity index (χ1n) is 9.39. The molecule has 0 aromatic carbocycles. The van der Waals surface area contributed by atoms with Gasteiger partial charge in [0.25, 0.3) is 5.91 Å². The molecule has 3 N–H and O–H groups in total. The van der Waals surface area contributed by atoms with E-state index < -0.39 is 0 Å². The van der Waals surface area contributed by atoms with Gasteiger partial charge in [0.2, 0.25) is 0 Å². The lowest BCUT2D eigenvalue weighted by Gasteiger charge is -2.30. The first kappa shape index (κ1) is 25.7. The molecule has 0 aliphatic rings. The Morgan fingerprint density at radius 2 is 1.70 bits per heavy atom. The van der Waals surface area contributed by atoms with Gasteiger partial charge in [0.1, 0.15) is 0 Å². The molecule has 0 radical (unpaired) electrons. The van der Waals surface area contributed by atoms with E-state index in [0.29, 0.717) is 24.4 Å². The molecule has 0 saturated carbocycles. The predicted octanol–water partition coefficient (Wildman–Crippen LogP) is 2.61. The van der Waals surface area contributed by atoms with E-state index in [1.54, 1.807) is 13.1 Å². The molecule has 0 fully saturated rings. The van der Waals surface area contributed by atoms with Crippen LogP contribution in [0.5, 0.6) is 0 Å². The minimum Gasteiger partial charge on any atom is -0.459 e. The van der Waals surface area contributed by atoms with E-state index in [2.05, 4.69) is 53.5 Å². The summed E-state index contributed by atoms with van der Waals surface area (Å²) in [5, 5.41) is 9.46. The lowest BCUT2D eigenvalue weighted by atomic mass is 10.2. The van der Waals surface area contributed by atoms with Crippen molar-refractivity contribution in [2.24, 2.45) is 4.99 Å². The first-order chi connectivity index (χ1) is 12.4. The van der Waals surface area contributed by atoms with Gasteiger partial charge in [-0.3, -0.25) is 14.7 Å². The summed E-state index contributed by atoms with van der Waals surface area (Å²) < 4.78 is 5.18. The highest BCUT2D eigenvalue weighted by Gasteiger charge is 2.13. The fraction of sp³-hybridized carbons (Fsp3) is 0.684. The molecule has 8 heteroatoms. The summed E-state index contributed by atoms with van der Waals surface area (Å²) in [7, 11) is 1.76. The first-order valence-corrected chi connectivity index (χ1v) is 9.39. The van der Waals surface area contributed by atoms with E-state index in [4.69, 9.17) is 4.42 Å². The van der Waals surface area contributed by atoms with Crippen LogP contribution in [-0.2, 0) is 0 Å². The lowest BCUT2D eigenvalue weighted by molar-refractivity contribution is 0.0925. The number of nitrogens with one attached hydrogen (secondary N) is 3. The molecule has 0 aliphatic carbocycles. The van der Waals surface area contributed by atoms with Gasteiger partial charge in [0.05, 0.1) is 6.26 Å². The number of hydrogen-bond acceptors (Lipinski definition) is 4. The van der Waals surface area contributed by atoms with E-state index in [1.807, 2.05) is 6.92 Å². The number of halogens is 1. The van der Waals surface area contributed by atoms with Crippen LogP contribution in [0.15, 0.2) is 21.7 Å². The highest BCUT2D eigenvalue weighted by atomic mass is 127. The molecule has 7 nitrogen and oxygen atoms in total. The average Bonchev–Trinajstić information content (AvgIpc) is 3.01. The molecule has 0 aliphatic heterocycles. The number of rotatable bonds is 10. The van der Waals surface area contributed by atoms with Gasteiger partial charge in [0.15, 0.2) is 11.7 Å². The zero-order valence-electron chi connectivity index (χ0n) is 17.5. The maximum atomic E-state index is 11.9. The SMILES string of the molecule is CN=C(NCCCNC(=O)c1occc1C)NCCN(C(C)C)C(C)C.I. The van der Waals surface area contributed by atoms with Crippen LogP contribution < -0.4 is 16.0 Å². The van der Waals surface area contributed by atoms with Crippen LogP contribution in [-0.4, -0.2) is 62.1 Å². The third kappa shape index (κ3) is 9.46. The Labute approximate surface area is 180 Å². The minimum absolute atomic E-state index is 0. The van der Waals surface area contributed by atoms with Crippen LogP contribution in [0.3, 0.4) is 0 Å². The summed E-state index contributed by atoms with van der Waals surface area (Å²) in [4.78, 5) is 18.6. The minimum atomic E-state index is -0.169. The van der Waals surface area contributed by atoms with Crippen molar-refractivity contribution in [3.63, 3.8) is 0 Å². The second-order valence-electron chi connectivity index (χ2n) is 6.89. The van der Waals surface area contributed by atoms with Gasteiger partial charge in [-0.05, 0) is 47.1 Å². The summed E-state index contributed by atoms with van der Waals surface area (Å²) in [6, 6.07) is 2.83. The molecule has 1 aromatic rings. The predicted molar refractivity (Wildman–Crippen MR) is 122 cm³/mol. The third-order valence-electron chi connectivity index (χ3n) is 4.21. The van der Waals surface area contributed by atoms with Crippen molar-refractivity contribution < 1.29 is 9.21 Å². The highest BCUT2D eigenvalue weighted by molar-refractivity contribution is 14.0. The van der Waals surface area contributed by atoms with Crippen LogP contribution in [0, 0.1) is 6.92 Å². The van der Waals surface area contributed by atoms with E-state index in [0.717, 1.165) is 37.6 Å². The monoisotopic (exact) mass is 493 g/mol.